The van der Waals surface area contributed by atoms with Crippen LogP contribution < -0.4 is 34.3 Å². The van der Waals surface area contributed by atoms with E-state index in [2.05, 4.69) is 9.71 Å². The first-order valence-corrected chi connectivity index (χ1v) is 13.8. The molecule has 198 valence electrons. The summed E-state index contributed by atoms with van der Waals surface area (Å²) in [5.74, 6) is -0.0789. The van der Waals surface area contributed by atoms with Crippen molar-refractivity contribution in [2.24, 2.45) is 0 Å². The number of benzene rings is 3. The van der Waals surface area contributed by atoms with Crippen molar-refractivity contribution < 1.29 is 47.6 Å². The number of hydrogen-bond acceptors (Lipinski definition) is 5. The van der Waals surface area contributed by atoms with E-state index in [9.17, 15) is 18.0 Å². The number of urea groups is 1. The van der Waals surface area contributed by atoms with E-state index in [4.69, 9.17) is 17.3 Å². The van der Waals surface area contributed by atoms with Crippen LogP contribution in [-0.4, -0.2) is 48.4 Å². The van der Waals surface area contributed by atoms with Crippen molar-refractivity contribution >= 4 is 44.6 Å². The van der Waals surface area contributed by atoms with Crippen LogP contribution in [0.4, 0.5) is 4.79 Å². The molecular weight excluding hydrogens is 549 g/mol. The van der Waals surface area contributed by atoms with Crippen LogP contribution in [-0.2, 0) is 22.9 Å². The summed E-state index contributed by atoms with van der Waals surface area (Å²) in [6.45, 7) is 4.14. The summed E-state index contributed by atoms with van der Waals surface area (Å²) in [6.07, 6.45) is 1.16. The van der Waals surface area contributed by atoms with Gasteiger partial charge in [0.2, 0.25) is 0 Å². The number of halogens is 1. The normalized spacial score (nSPS) is 11.2. The third-order valence-corrected chi connectivity index (χ3v) is 7.85. The molecule has 0 saturated carbocycles. The van der Waals surface area contributed by atoms with Gasteiger partial charge in [-0.25, -0.2) is 22.9 Å². The van der Waals surface area contributed by atoms with E-state index in [0.29, 0.717) is 24.9 Å². The van der Waals surface area contributed by atoms with E-state index in [0.717, 1.165) is 28.2 Å². The summed E-state index contributed by atoms with van der Waals surface area (Å²) in [4.78, 5) is 30.0. The largest absolute Gasteiger partial charge is 1.00 e. The molecule has 1 heterocycles. The summed E-state index contributed by atoms with van der Waals surface area (Å²) in [7, 11) is -2.42. The van der Waals surface area contributed by atoms with Crippen LogP contribution in [0.1, 0.15) is 34.2 Å². The molecule has 0 aliphatic heterocycles. The maximum Gasteiger partial charge on any atom is 1.00 e. The molecule has 0 unspecified atom stereocenters. The Kier molecular flexibility index (Phi) is 9.84. The van der Waals surface area contributed by atoms with E-state index >= 15 is 0 Å². The number of carbonyl (C=O) groups is 2. The first kappa shape index (κ1) is 30.6. The molecule has 12 heteroatoms. The second kappa shape index (κ2) is 12.5. The summed E-state index contributed by atoms with van der Waals surface area (Å²) in [5.41, 5.74) is 11.6. The summed E-state index contributed by atoms with van der Waals surface area (Å²) in [6, 6.07) is 16.5. The van der Waals surface area contributed by atoms with Crippen molar-refractivity contribution in [1.82, 2.24) is 19.2 Å². The number of aryl methyl sites for hydroxylation is 2. The van der Waals surface area contributed by atoms with E-state index in [1.807, 2.05) is 42.7 Å². The summed E-state index contributed by atoms with van der Waals surface area (Å²) < 4.78 is 29.1. The molecule has 2 N–H and O–H groups in total. The number of imidazole rings is 1. The minimum atomic E-state index is -3.96. The number of hydrogen-bond donors (Lipinski definition) is 1. The summed E-state index contributed by atoms with van der Waals surface area (Å²) in [5, 5.41) is 0.198. The summed E-state index contributed by atoms with van der Waals surface area (Å²) >= 11 is 6.26. The fourth-order valence-corrected chi connectivity index (χ4v) is 5.27. The average molecular weight is 576 g/mol. The Hall–Kier alpha value is -2.89. The molecule has 0 radical (unpaired) electrons. The predicted octanol–water partition coefficient (Wildman–Crippen LogP) is 2.32. The van der Waals surface area contributed by atoms with Gasteiger partial charge in [0.1, 0.15) is 5.82 Å². The Morgan fingerprint density at radius 2 is 1.72 bits per heavy atom. The minimum absolute atomic E-state index is 0. The molecule has 0 bridgehead atoms. The molecule has 0 atom stereocenters. The third-order valence-electron chi connectivity index (χ3n) is 6.20. The molecule has 0 saturated heterocycles. The molecular formula is C27H27ClN5NaO4S. The number of likely N-dealkylation sites (N-methyl/N-ethyl adjacent to an activating group) is 1. The van der Waals surface area contributed by atoms with Gasteiger partial charge in [0.25, 0.3) is 10.0 Å². The van der Waals surface area contributed by atoms with E-state index in [1.165, 1.54) is 23.1 Å². The zero-order chi connectivity index (χ0) is 27.6. The number of aromatic nitrogens is 2. The number of amides is 3. The van der Waals surface area contributed by atoms with E-state index in [1.54, 1.807) is 25.2 Å². The Bertz CT molecular complexity index is 1620. The van der Waals surface area contributed by atoms with Gasteiger partial charge in [-0.1, -0.05) is 48.4 Å². The molecule has 4 aromatic rings. The maximum atomic E-state index is 12.5. The molecule has 3 aromatic carbocycles. The number of carbonyl (C=O) groups excluding carboxylic acids is 2. The fraction of sp³-hybridized carbons (Fsp3) is 0.222. The number of sulfonamides is 1. The second-order valence-corrected chi connectivity index (χ2v) is 11.0. The quantitative estimate of drug-likeness (QED) is 0.323. The first-order valence-electron chi connectivity index (χ1n) is 11.9. The zero-order valence-corrected chi connectivity index (χ0v) is 25.7. The topological polar surface area (TPSA) is 125 Å². The SMILES string of the molecule is CCc1nc2cc(C([NH-])=O)c(Cl)cc2n1-c1ccc(CCN(C)C(=O)NS(=O)(=O)c2ccc(C)cc2)cc1.[Na+]. The molecule has 0 spiro atoms. The zero-order valence-electron chi connectivity index (χ0n) is 22.2. The second-order valence-electron chi connectivity index (χ2n) is 8.93. The predicted molar refractivity (Wildman–Crippen MR) is 147 cm³/mol. The molecule has 39 heavy (non-hydrogen) atoms. The Balaban J connectivity index is 0.00000420. The average Bonchev–Trinajstić information content (AvgIpc) is 3.24. The van der Waals surface area contributed by atoms with Gasteiger partial charge in [-0.2, -0.15) is 0 Å². The maximum absolute atomic E-state index is 12.5. The fourth-order valence-electron chi connectivity index (χ4n) is 4.03. The van der Waals surface area contributed by atoms with Crippen molar-refractivity contribution in [3.05, 3.63) is 93.9 Å². The van der Waals surface area contributed by atoms with Crippen molar-refractivity contribution in [2.45, 2.75) is 31.6 Å². The number of nitrogens with one attached hydrogen (secondary N) is 2. The standard InChI is InChI=1S/C27H28ClN5O4S.Na/c1-4-25-30-23-15-21(26(29)34)22(28)16-24(23)33(25)19-9-7-18(8-10-19)13-14-32(3)27(35)31-38(36,37)20-11-5-17(2)6-12-20;/h5-12,15-16H,4,13-14H2,1-3H3,(H3,29,31,34,35);/q;+1/p-1. The Morgan fingerprint density at radius 1 is 1.08 bits per heavy atom. The van der Waals surface area contributed by atoms with Gasteiger partial charge in [-0.15, -0.1) is 0 Å². The van der Waals surface area contributed by atoms with Gasteiger partial charge in [-0.3, -0.25) is 4.57 Å². The van der Waals surface area contributed by atoms with Crippen LogP contribution in [0.3, 0.4) is 0 Å². The molecule has 4 rings (SSSR count). The van der Waals surface area contributed by atoms with Gasteiger partial charge >= 0.3 is 35.6 Å². The van der Waals surface area contributed by atoms with Crippen LogP contribution in [0.2, 0.25) is 5.02 Å². The van der Waals surface area contributed by atoms with Crippen LogP contribution >= 0.6 is 11.6 Å². The third kappa shape index (κ3) is 6.82. The number of fused-ring (bicyclic) bond motifs is 1. The molecule has 3 amide bonds. The van der Waals surface area contributed by atoms with Crippen molar-refractivity contribution in [3.63, 3.8) is 0 Å². The number of nitrogens with zero attached hydrogens (tertiary/aromatic N) is 3. The van der Waals surface area contributed by atoms with Crippen LogP contribution in [0.25, 0.3) is 22.5 Å². The van der Waals surface area contributed by atoms with E-state index < -0.39 is 22.0 Å². The Labute approximate surface area is 254 Å². The van der Waals surface area contributed by atoms with Gasteiger partial charge in [0.05, 0.1) is 26.9 Å². The molecule has 0 aliphatic rings. The minimum Gasteiger partial charge on any atom is -0.664 e. The smallest absolute Gasteiger partial charge is 0.664 e. The van der Waals surface area contributed by atoms with Gasteiger partial charge < -0.3 is 15.4 Å². The monoisotopic (exact) mass is 575 g/mol. The van der Waals surface area contributed by atoms with Crippen molar-refractivity contribution in [3.8, 4) is 5.69 Å². The first-order chi connectivity index (χ1) is 18.0. The van der Waals surface area contributed by atoms with Crippen molar-refractivity contribution in [2.75, 3.05) is 13.6 Å². The van der Waals surface area contributed by atoms with Gasteiger partial charge in [-0.05, 0) is 55.3 Å². The molecule has 0 aliphatic carbocycles. The number of rotatable bonds is 8. The van der Waals surface area contributed by atoms with Gasteiger partial charge in [0.15, 0.2) is 0 Å². The van der Waals surface area contributed by atoms with Gasteiger partial charge in [0, 0.05) is 31.3 Å². The van der Waals surface area contributed by atoms with Crippen LogP contribution in [0, 0.1) is 6.92 Å². The van der Waals surface area contributed by atoms with Crippen molar-refractivity contribution in [1.29, 1.82) is 0 Å². The molecule has 1 aromatic heterocycles. The van der Waals surface area contributed by atoms with E-state index in [-0.39, 0.29) is 45.0 Å². The van der Waals surface area contributed by atoms with Crippen LogP contribution in [0.15, 0.2) is 65.6 Å². The molecule has 0 fully saturated rings. The Morgan fingerprint density at radius 3 is 2.31 bits per heavy atom. The van der Waals surface area contributed by atoms with Crippen LogP contribution in [0.5, 0.6) is 0 Å². The molecule has 9 nitrogen and oxygen atoms in total.